The molecule has 1 aromatic carbocycles. The number of nitrogens with zero attached hydrogens (tertiary/aromatic N) is 2. The normalized spacial score (nSPS) is 11.0. The first-order valence-electron chi connectivity index (χ1n) is 7.87. The molecule has 0 saturated carbocycles. The number of benzene rings is 1. The van der Waals surface area contributed by atoms with Gasteiger partial charge in [0.25, 0.3) is 0 Å². The third-order valence-electron chi connectivity index (χ3n) is 3.55. The largest absolute Gasteiger partial charge is 0.462 e. The first-order valence-corrected chi connectivity index (χ1v) is 7.87. The fourth-order valence-electron chi connectivity index (χ4n) is 2.50. The second-order valence-corrected chi connectivity index (χ2v) is 5.21. The molecule has 0 unspecified atom stereocenters. The quantitative estimate of drug-likeness (QED) is 0.724. The van der Waals surface area contributed by atoms with Crippen molar-refractivity contribution >= 4 is 17.0 Å². The molecule has 2 aromatic rings. The van der Waals surface area contributed by atoms with Crippen molar-refractivity contribution in [1.29, 1.82) is 0 Å². The fourth-order valence-corrected chi connectivity index (χ4v) is 2.50. The standard InChI is InChI=1S/C17H24N2O2/c1-4-7-11-19-15-10-9-13(17(20)21-6-3)12-14(15)18-16(19)8-5-2/h9-10,12H,4-8,11H2,1-3H3. The highest BCUT2D eigenvalue weighted by atomic mass is 16.5. The molecule has 4 heteroatoms. The van der Waals surface area contributed by atoms with Gasteiger partial charge in [0.15, 0.2) is 0 Å². The summed E-state index contributed by atoms with van der Waals surface area (Å²) in [5.41, 5.74) is 2.58. The SMILES string of the molecule is CCCCn1c(CCC)nc2cc(C(=O)OCC)ccc21. The van der Waals surface area contributed by atoms with Gasteiger partial charge in [0.2, 0.25) is 0 Å². The summed E-state index contributed by atoms with van der Waals surface area (Å²) in [6, 6.07) is 5.67. The molecule has 0 aliphatic rings. The average molecular weight is 288 g/mol. The number of esters is 1. The van der Waals surface area contributed by atoms with Crippen molar-refractivity contribution in [2.45, 2.75) is 53.0 Å². The van der Waals surface area contributed by atoms with Crippen LogP contribution in [0.4, 0.5) is 0 Å². The number of imidazole rings is 1. The maximum atomic E-state index is 11.8. The van der Waals surface area contributed by atoms with Crippen molar-refractivity contribution in [2.75, 3.05) is 6.61 Å². The number of carbonyl (C=O) groups is 1. The van der Waals surface area contributed by atoms with Crippen LogP contribution < -0.4 is 0 Å². The zero-order valence-corrected chi connectivity index (χ0v) is 13.2. The Hall–Kier alpha value is -1.84. The van der Waals surface area contributed by atoms with E-state index in [0.717, 1.165) is 49.1 Å². The lowest BCUT2D eigenvalue weighted by Crippen LogP contribution is -2.05. The number of rotatable bonds is 7. The minimum Gasteiger partial charge on any atom is -0.462 e. The zero-order chi connectivity index (χ0) is 15.2. The summed E-state index contributed by atoms with van der Waals surface area (Å²) in [6.45, 7) is 7.55. The molecule has 21 heavy (non-hydrogen) atoms. The molecule has 1 aromatic heterocycles. The number of ether oxygens (including phenoxy) is 1. The number of hydrogen-bond donors (Lipinski definition) is 0. The van der Waals surface area contributed by atoms with E-state index in [1.54, 1.807) is 0 Å². The van der Waals surface area contributed by atoms with E-state index in [1.165, 1.54) is 0 Å². The summed E-state index contributed by atoms with van der Waals surface area (Å²) in [5.74, 6) is 0.835. The summed E-state index contributed by atoms with van der Waals surface area (Å²) in [6.07, 6.45) is 4.33. The van der Waals surface area contributed by atoms with Crippen LogP contribution in [0, 0.1) is 0 Å². The highest BCUT2D eigenvalue weighted by Gasteiger charge is 2.13. The van der Waals surface area contributed by atoms with Gasteiger partial charge in [-0.1, -0.05) is 20.3 Å². The van der Waals surface area contributed by atoms with Crippen LogP contribution in [0.25, 0.3) is 11.0 Å². The Kier molecular flexibility index (Phi) is 5.37. The van der Waals surface area contributed by atoms with Crippen LogP contribution >= 0.6 is 0 Å². The van der Waals surface area contributed by atoms with E-state index in [4.69, 9.17) is 9.72 Å². The van der Waals surface area contributed by atoms with Crippen molar-refractivity contribution in [3.05, 3.63) is 29.6 Å². The third kappa shape index (κ3) is 3.43. The lowest BCUT2D eigenvalue weighted by molar-refractivity contribution is 0.0526. The second-order valence-electron chi connectivity index (χ2n) is 5.21. The molecule has 0 aliphatic heterocycles. The van der Waals surface area contributed by atoms with E-state index in [9.17, 15) is 4.79 Å². The molecule has 0 saturated heterocycles. The monoisotopic (exact) mass is 288 g/mol. The minimum atomic E-state index is -0.278. The van der Waals surface area contributed by atoms with Crippen LogP contribution in [0.1, 0.15) is 56.2 Å². The summed E-state index contributed by atoms with van der Waals surface area (Å²) in [4.78, 5) is 16.5. The fraction of sp³-hybridized carbons (Fsp3) is 0.529. The van der Waals surface area contributed by atoms with Gasteiger partial charge in [0.1, 0.15) is 5.82 Å². The predicted molar refractivity (Wildman–Crippen MR) is 84.6 cm³/mol. The number of fused-ring (bicyclic) bond motifs is 1. The van der Waals surface area contributed by atoms with Crippen molar-refractivity contribution in [2.24, 2.45) is 0 Å². The predicted octanol–water partition coefficient (Wildman–Crippen LogP) is 3.97. The van der Waals surface area contributed by atoms with E-state index in [2.05, 4.69) is 18.4 Å². The number of hydrogen-bond acceptors (Lipinski definition) is 3. The first kappa shape index (κ1) is 15.5. The van der Waals surface area contributed by atoms with Gasteiger partial charge in [-0.05, 0) is 38.0 Å². The van der Waals surface area contributed by atoms with Crippen molar-refractivity contribution < 1.29 is 9.53 Å². The Balaban J connectivity index is 2.41. The van der Waals surface area contributed by atoms with Crippen LogP contribution in [-0.4, -0.2) is 22.1 Å². The van der Waals surface area contributed by atoms with E-state index >= 15 is 0 Å². The van der Waals surface area contributed by atoms with Crippen LogP contribution in [0.15, 0.2) is 18.2 Å². The van der Waals surface area contributed by atoms with E-state index in [-0.39, 0.29) is 5.97 Å². The zero-order valence-electron chi connectivity index (χ0n) is 13.2. The lowest BCUT2D eigenvalue weighted by Gasteiger charge is -2.08. The van der Waals surface area contributed by atoms with Crippen molar-refractivity contribution in [3.8, 4) is 0 Å². The Labute approximate surface area is 126 Å². The molecule has 1 heterocycles. The molecule has 0 bridgehead atoms. The van der Waals surface area contributed by atoms with Gasteiger partial charge in [-0.3, -0.25) is 0 Å². The molecule has 0 amide bonds. The van der Waals surface area contributed by atoms with Gasteiger partial charge in [-0.2, -0.15) is 0 Å². The molecule has 0 radical (unpaired) electrons. The maximum absolute atomic E-state index is 11.8. The minimum absolute atomic E-state index is 0.278. The van der Waals surface area contributed by atoms with Crippen molar-refractivity contribution in [3.63, 3.8) is 0 Å². The first-order chi connectivity index (χ1) is 10.2. The Morgan fingerprint density at radius 1 is 1.24 bits per heavy atom. The van der Waals surface area contributed by atoms with Gasteiger partial charge in [0, 0.05) is 13.0 Å². The Morgan fingerprint density at radius 3 is 2.71 bits per heavy atom. The molecular weight excluding hydrogens is 264 g/mol. The molecule has 2 rings (SSSR count). The number of aryl methyl sites for hydroxylation is 2. The summed E-state index contributed by atoms with van der Waals surface area (Å²) in [5, 5.41) is 0. The average Bonchev–Trinajstić information content (AvgIpc) is 2.82. The maximum Gasteiger partial charge on any atom is 0.338 e. The highest BCUT2D eigenvalue weighted by molar-refractivity contribution is 5.93. The van der Waals surface area contributed by atoms with Gasteiger partial charge < -0.3 is 9.30 Å². The third-order valence-corrected chi connectivity index (χ3v) is 3.55. The Bertz CT molecular complexity index is 617. The van der Waals surface area contributed by atoms with Crippen LogP contribution in [-0.2, 0) is 17.7 Å². The van der Waals surface area contributed by atoms with Crippen LogP contribution in [0.3, 0.4) is 0 Å². The van der Waals surface area contributed by atoms with E-state index in [1.807, 2.05) is 25.1 Å². The van der Waals surface area contributed by atoms with Crippen LogP contribution in [0.2, 0.25) is 0 Å². The van der Waals surface area contributed by atoms with Crippen molar-refractivity contribution in [1.82, 2.24) is 9.55 Å². The van der Waals surface area contributed by atoms with Gasteiger partial charge in [-0.15, -0.1) is 0 Å². The van der Waals surface area contributed by atoms with E-state index < -0.39 is 0 Å². The second kappa shape index (κ2) is 7.25. The molecule has 0 aliphatic carbocycles. The number of unbranched alkanes of at least 4 members (excludes halogenated alkanes) is 1. The molecule has 114 valence electrons. The number of aromatic nitrogens is 2. The van der Waals surface area contributed by atoms with E-state index in [0.29, 0.717) is 12.2 Å². The molecule has 0 fully saturated rings. The Morgan fingerprint density at radius 2 is 2.05 bits per heavy atom. The number of carbonyl (C=O) groups excluding carboxylic acids is 1. The van der Waals surface area contributed by atoms with Crippen LogP contribution in [0.5, 0.6) is 0 Å². The highest BCUT2D eigenvalue weighted by Crippen LogP contribution is 2.20. The summed E-state index contributed by atoms with van der Waals surface area (Å²) in [7, 11) is 0. The molecular formula is C17H24N2O2. The smallest absolute Gasteiger partial charge is 0.338 e. The summed E-state index contributed by atoms with van der Waals surface area (Å²) < 4.78 is 7.34. The van der Waals surface area contributed by atoms with Gasteiger partial charge in [-0.25, -0.2) is 9.78 Å². The van der Waals surface area contributed by atoms with Gasteiger partial charge >= 0.3 is 5.97 Å². The lowest BCUT2D eigenvalue weighted by atomic mass is 10.2. The topological polar surface area (TPSA) is 44.1 Å². The molecule has 0 spiro atoms. The molecule has 0 atom stereocenters. The summed E-state index contributed by atoms with van der Waals surface area (Å²) >= 11 is 0. The molecule has 0 N–H and O–H groups in total. The molecule has 4 nitrogen and oxygen atoms in total. The van der Waals surface area contributed by atoms with Gasteiger partial charge in [0.05, 0.1) is 23.2 Å².